The van der Waals surface area contributed by atoms with Crippen LogP contribution in [0.1, 0.15) is 18.9 Å². The van der Waals surface area contributed by atoms with Crippen LogP contribution in [0.15, 0.2) is 42.5 Å². The Balaban J connectivity index is 1.44. The van der Waals surface area contributed by atoms with E-state index in [9.17, 15) is 14.0 Å². The van der Waals surface area contributed by atoms with Gasteiger partial charge in [-0.25, -0.2) is 9.37 Å². The van der Waals surface area contributed by atoms with Gasteiger partial charge in [-0.2, -0.15) is 0 Å². The van der Waals surface area contributed by atoms with Crippen LogP contribution in [0.2, 0.25) is 0 Å². The van der Waals surface area contributed by atoms with Crippen molar-refractivity contribution in [1.29, 1.82) is 0 Å². The Bertz CT molecular complexity index is 1070. The number of nitrogens with one attached hydrogen (secondary N) is 1. The fourth-order valence-corrected chi connectivity index (χ4v) is 4.32. The monoisotopic (exact) mass is 413 g/mol. The summed E-state index contributed by atoms with van der Waals surface area (Å²) < 4.78 is 20.1. The predicted octanol–water partition coefficient (Wildman–Crippen LogP) is 3.50. The molecule has 0 saturated carbocycles. The first kappa shape index (κ1) is 19.3. The summed E-state index contributed by atoms with van der Waals surface area (Å²) in [7, 11) is 0. The highest BCUT2D eigenvalue weighted by atomic mass is 32.1. The molecular formula is C21H20FN3O3S. The lowest BCUT2D eigenvalue weighted by Crippen LogP contribution is -2.32. The van der Waals surface area contributed by atoms with Gasteiger partial charge in [0.05, 0.1) is 22.7 Å². The third-order valence-electron chi connectivity index (χ3n) is 4.80. The summed E-state index contributed by atoms with van der Waals surface area (Å²) in [5.41, 5.74) is 1.20. The molecule has 2 aromatic carbocycles. The van der Waals surface area contributed by atoms with Crippen LogP contribution >= 0.6 is 11.3 Å². The molecule has 150 valence electrons. The number of hydrogen-bond donors (Lipinski definition) is 1. The first-order valence-corrected chi connectivity index (χ1v) is 10.2. The van der Waals surface area contributed by atoms with E-state index in [1.165, 1.54) is 17.4 Å². The number of rotatable bonds is 6. The third-order valence-corrected chi connectivity index (χ3v) is 5.84. The van der Waals surface area contributed by atoms with E-state index in [0.29, 0.717) is 17.3 Å². The van der Waals surface area contributed by atoms with Crippen LogP contribution in [-0.2, 0) is 16.1 Å². The first-order chi connectivity index (χ1) is 14.0. The zero-order valence-corrected chi connectivity index (χ0v) is 16.7. The lowest BCUT2D eigenvalue weighted by atomic mass is 10.1. The predicted molar refractivity (Wildman–Crippen MR) is 109 cm³/mol. The number of thiazole rings is 1. The number of aromatic nitrogens is 1. The second-order valence-electron chi connectivity index (χ2n) is 6.77. The smallest absolute Gasteiger partial charge is 0.229 e. The van der Waals surface area contributed by atoms with Gasteiger partial charge in [-0.05, 0) is 31.2 Å². The summed E-state index contributed by atoms with van der Waals surface area (Å²) in [4.78, 5) is 31.1. The molecule has 8 heteroatoms. The summed E-state index contributed by atoms with van der Waals surface area (Å²) in [6.45, 7) is 2.85. The highest BCUT2D eigenvalue weighted by molar-refractivity contribution is 7.22. The van der Waals surface area contributed by atoms with Crippen LogP contribution in [0.3, 0.4) is 0 Å². The Labute approximate surface area is 171 Å². The van der Waals surface area contributed by atoms with Crippen LogP contribution in [0.5, 0.6) is 5.75 Å². The zero-order chi connectivity index (χ0) is 20.4. The lowest BCUT2D eigenvalue weighted by molar-refractivity contribution is -0.126. The van der Waals surface area contributed by atoms with Gasteiger partial charge in [0.1, 0.15) is 11.6 Å². The van der Waals surface area contributed by atoms with Crippen molar-refractivity contribution in [3.63, 3.8) is 0 Å². The molecule has 29 heavy (non-hydrogen) atoms. The van der Waals surface area contributed by atoms with Crippen molar-refractivity contribution >= 4 is 38.5 Å². The van der Waals surface area contributed by atoms with Crippen molar-refractivity contribution in [2.45, 2.75) is 19.9 Å². The fourth-order valence-electron chi connectivity index (χ4n) is 3.30. The molecule has 1 atom stereocenters. The molecular weight excluding hydrogens is 393 g/mol. The van der Waals surface area contributed by atoms with Gasteiger partial charge in [0.25, 0.3) is 0 Å². The van der Waals surface area contributed by atoms with E-state index < -0.39 is 5.92 Å². The van der Waals surface area contributed by atoms with Gasteiger partial charge in [0.15, 0.2) is 5.13 Å². The van der Waals surface area contributed by atoms with Crippen molar-refractivity contribution < 1.29 is 18.7 Å². The number of hydrogen-bond acceptors (Lipinski definition) is 5. The van der Waals surface area contributed by atoms with Crippen LogP contribution in [0.25, 0.3) is 10.2 Å². The number of benzene rings is 2. The van der Waals surface area contributed by atoms with E-state index in [0.717, 1.165) is 16.0 Å². The second kappa shape index (κ2) is 8.16. The fraction of sp³-hybridized carbons (Fsp3) is 0.286. The van der Waals surface area contributed by atoms with Crippen molar-refractivity contribution in [1.82, 2.24) is 10.3 Å². The molecule has 0 bridgehead atoms. The molecule has 1 aromatic heterocycles. The Morgan fingerprint density at radius 2 is 2.17 bits per heavy atom. The lowest BCUT2D eigenvalue weighted by Gasteiger charge is -2.13. The Kier molecular flexibility index (Phi) is 5.44. The standard InChI is InChI=1S/C21H20FN3O3S/c1-2-28-15-7-8-17-18(10-15)29-21(24-17)25-12-14(9-19(25)26)20(27)23-11-13-5-3-4-6-16(13)22/h3-8,10,14H,2,9,11-12H2,1H3,(H,23,27). The number of nitrogens with zero attached hydrogens (tertiary/aromatic N) is 2. The summed E-state index contributed by atoms with van der Waals surface area (Å²) in [5, 5.41) is 3.30. The molecule has 0 aliphatic carbocycles. The maximum absolute atomic E-state index is 13.7. The van der Waals surface area contributed by atoms with Gasteiger partial charge in [-0.15, -0.1) is 0 Å². The molecule has 1 N–H and O–H groups in total. The largest absolute Gasteiger partial charge is 0.494 e. The minimum atomic E-state index is -0.486. The average Bonchev–Trinajstić information content (AvgIpc) is 3.30. The van der Waals surface area contributed by atoms with E-state index in [-0.39, 0.29) is 37.1 Å². The topological polar surface area (TPSA) is 71.5 Å². The van der Waals surface area contributed by atoms with Crippen molar-refractivity contribution in [2.75, 3.05) is 18.1 Å². The Morgan fingerprint density at radius 3 is 2.97 bits per heavy atom. The number of fused-ring (bicyclic) bond motifs is 1. The molecule has 2 heterocycles. The number of anilines is 1. The van der Waals surface area contributed by atoms with Gasteiger partial charge in [0, 0.05) is 25.1 Å². The van der Waals surface area contributed by atoms with Crippen molar-refractivity contribution in [3.05, 3.63) is 53.8 Å². The van der Waals surface area contributed by atoms with Gasteiger partial charge < -0.3 is 10.1 Å². The maximum Gasteiger partial charge on any atom is 0.229 e. The summed E-state index contributed by atoms with van der Waals surface area (Å²) >= 11 is 1.40. The second-order valence-corrected chi connectivity index (χ2v) is 7.78. The molecule has 1 fully saturated rings. The first-order valence-electron chi connectivity index (χ1n) is 9.40. The summed E-state index contributed by atoms with van der Waals surface area (Å²) in [6.07, 6.45) is 0.114. The molecule has 2 amide bonds. The molecule has 1 aliphatic heterocycles. The van der Waals surface area contributed by atoms with Gasteiger partial charge in [-0.3, -0.25) is 14.5 Å². The SMILES string of the molecule is CCOc1ccc2nc(N3CC(C(=O)NCc4ccccc4F)CC3=O)sc2c1. The molecule has 6 nitrogen and oxygen atoms in total. The van der Waals surface area contributed by atoms with Gasteiger partial charge in [0.2, 0.25) is 11.8 Å². The molecule has 1 aliphatic rings. The van der Waals surface area contributed by atoms with E-state index in [4.69, 9.17) is 4.74 Å². The quantitative estimate of drug-likeness (QED) is 0.671. The average molecular weight is 413 g/mol. The molecule has 0 spiro atoms. The molecule has 1 saturated heterocycles. The van der Waals surface area contributed by atoms with Crippen LogP contribution in [-0.4, -0.2) is 29.9 Å². The number of carbonyl (C=O) groups excluding carboxylic acids is 2. The van der Waals surface area contributed by atoms with E-state index in [1.54, 1.807) is 23.1 Å². The van der Waals surface area contributed by atoms with Crippen LogP contribution in [0.4, 0.5) is 9.52 Å². The summed E-state index contributed by atoms with van der Waals surface area (Å²) in [5.74, 6) is -0.490. The number of amides is 2. The van der Waals surface area contributed by atoms with Crippen molar-refractivity contribution in [2.24, 2.45) is 5.92 Å². The number of ether oxygens (including phenoxy) is 1. The third kappa shape index (κ3) is 4.07. The van der Waals surface area contributed by atoms with Crippen molar-refractivity contribution in [3.8, 4) is 5.75 Å². The van der Waals surface area contributed by atoms with Gasteiger partial charge in [-0.1, -0.05) is 29.5 Å². The van der Waals surface area contributed by atoms with Crippen LogP contribution in [0, 0.1) is 11.7 Å². The Morgan fingerprint density at radius 1 is 1.34 bits per heavy atom. The minimum absolute atomic E-state index is 0.0948. The molecule has 0 radical (unpaired) electrons. The summed E-state index contributed by atoms with van der Waals surface area (Å²) in [6, 6.07) is 11.9. The number of carbonyl (C=O) groups is 2. The van der Waals surface area contributed by atoms with E-state index >= 15 is 0 Å². The Hall–Kier alpha value is -3.00. The molecule has 4 rings (SSSR count). The van der Waals surface area contributed by atoms with E-state index in [1.807, 2.05) is 25.1 Å². The molecule has 1 unspecified atom stereocenters. The zero-order valence-electron chi connectivity index (χ0n) is 15.9. The number of halogens is 1. The van der Waals surface area contributed by atoms with E-state index in [2.05, 4.69) is 10.3 Å². The normalized spacial score (nSPS) is 16.4. The van der Waals surface area contributed by atoms with Crippen LogP contribution < -0.4 is 15.0 Å². The van der Waals surface area contributed by atoms with Gasteiger partial charge >= 0.3 is 0 Å². The minimum Gasteiger partial charge on any atom is -0.494 e. The maximum atomic E-state index is 13.7. The molecule has 3 aromatic rings. The highest BCUT2D eigenvalue weighted by Gasteiger charge is 2.36. The highest BCUT2D eigenvalue weighted by Crippen LogP contribution is 2.34.